The van der Waals surface area contributed by atoms with Crippen LogP contribution in [0.4, 0.5) is 0 Å². The summed E-state index contributed by atoms with van der Waals surface area (Å²) in [6, 6.07) is 0. The normalized spacial score (nSPS) is 22.4. The molecular weight excluding hydrogens is 184 g/mol. The number of likely N-dealkylation sites (tertiary alicyclic amines) is 1. The Morgan fingerprint density at radius 3 is 2.73 bits per heavy atom. The van der Waals surface area contributed by atoms with Crippen molar-refractivity contribution in [2.75, 3.05) is 26.2 Å². The summed E-state index contributed by atoms with van der Waals surface area (Å²) in [4.78, 5) is 2.63. The quantitative estimate of drug-likeness (QED) is 0.627. The molecule has 0 aromatic carbocycles. The van der Waals surface area contributed by atoms with E-state index in [-0.39, 0.29) is 0 Å². The molecule has 0 radical (unpaired) electrons. The standard InChI is InChI=1S/C13H28N2/c1-2-3-4-5-6-10-15-11-8-13(12-15)7-9-14/h13H,2-12,14H2,1H3. The Kier molecular flexibility index (Phi) is 7.03. The van der Waals surface area contributed by atoms with E-state index in [0.29, 0.717) is 0 Å². The van der Waals surface area contributed by atoms with Gasteiger partial charge in [0, 0.05) is 6.54 Å². The molecule has 1 unspecified atom stereocenters. The Balaban J connectivity index is 1.94. The molecule has 90 valence electrons. The molecule has 1 heterocycles. The van der Waals surface area contributed by atoms with Crippen molar-refractivity contribution in [2.45, 2.75) is 51.9 Å². The van der Waals surface area contributed by atoms with Gasteiger partial charge in [0.25, 0.3) is 0 Å². The zero-order valence-electron chi connectivity index (χ0n) is 10.4. The van der Waals surface area contributed by atoms with Crippen LogP contribution >= 0.6 is 0 Å². The lowest BCUT2D eigenvalue weighted by molar-refractivity contribution is 0.312. The number of unbranched alkanes of at least 4 members (excludes halogenated alkanes) is 4. The van der Waals surface area contributed by atoms with E-state index in [4.69, 9.17) is 5.73 Å². The third kappa shape index (κ3) is 5.53. The molecule has 15 heavy (non-hydrogen) atoms. The van der Waals surface area contributed by atoms with Crippen molar-refractivity contribution < 1.29 is 0 Å². The maximum absolute atomic E-state index is 5.59. The zero-order chi connectivity index (χ0) is 10.9. The fraction of sp³-hybridized carbons (Fsp3) is 1.00. The van der Waals surface area contributed by atoms with Crippen LogP contribution in [-0.2, 0) is 0 Å². The highest BCUT2D eigenvalue weighted by Gasteiger charge is 2.20. The highest BCUT2D eigenvalue weighted by Crippen LogP contribution is 2.19. The predicted octanol–water partition coefficient (Wildman–Crippen LogP) is 2.63. The summed E-state index contributed by atoms with van der Waals surface area (Å²) in [6.45, 7) is 7.10. The summed E-state index contributed by atoms with van der Waals surface area (Å²) in [5.74, 6) is 0.894. The highest BCUT2D eigenvalue weighted by atomic mass is 15.1. The van der Waals surface area contributed by atoms with Gasteiger partial charge in [0.05, 0.1) is 0 Å². The molecule has 0 bridgehead atoms. The minimum absolute atomic E-state index is 0.870. The summed E-state index contributed by atoms with van der Waals surface area (Å²) < 4.78 is 0. The number of nitrogens with zero attached hydrogens (tertiary/aromatic N) is 1. The van der Waals surface area contributed by atoms with E-state index in [0.717, 1.165) is 12.5 Å². The third-order valence-electron chi connectivity index (χ3n) is 3.52. The van der Waals surface area contributed by atoms with E-state index in [9.17, 15) is 0 Å². The van der Waals surface area contributed by atoms with Gasteiger partial charge in [-0.05, 0) is 44.8 Å². The number of nitrogens with two attached hydrogens (primary N) is 1. The van der Waals surface area contributed by atoms with Gasteiger partial charge in [-0.25, -0.2) is 0 Å². The van der Waals surface area contributed by atoms with Gasteiger partial charge in [-0.15, -0.1) is 0 Å². The molecule has 1 atom stereocenters. The van der Waals surface area contributed by atoms with Crippen LogP contribution in [0.1, 0.15) is 51.9 Å². The van der Waals surface area contributed by atoms with Crippen molar-refractivity contribution in [1.82, 2.24) is 4.90 Å². The molecule has 2 N–H and O–H groups in total. The molecule has 0 aliphatic carbocycles. The molecular formula is C13H28N2. The van der Waals surface area contributed by atoms with Gasteiger partial charge in [-0.2, -0.15) is 0 Å². The Labute approximate surface area is 95.2 Å². The summed E-state index contributed by atoms with van der Waals surface area (Å²) >= 11 is 0. The van der Waals surface area contributed by atoms with E-state index < -0.39 is 0 Å². The van der Waals surface area contributed by atoms with Gasteiger partial charge < -0.3 is 10.6 Å². The molecule has 0 aromatic heterocycles. The number of hydrogen-bond donors (Lipinski definition) is 1. The van der Waals surface area contributed by atoms with E-state index in [2.05, 4.69) is 11.8 Å². The smallest absolute Gasteiger partial charge is 0.00106 e. The first kappa shape index (κ1) is 13.0. The molecule has 1 aliphatic heterocycles. The Morgan fingerprint density at radius 1 is 1.20 bits per heavy atom. The first-order valence-corrected chi connectivity index (χ1v) is 6.79. The molecule has 2 heteroatoms. The fourth-order valence-corrected chi connectivity index (χ4v) is 2.53. The maximum atomic E-state index is 5.59. The van der Waals surface area contributed by atoms with Crippen molar-refractivity contribution in [1.29, 1.82) is 0 Å². The van der Waals surface area contributed by atoms with Crippen LogP contribution in [0.25, 0.3) is 0 Å². The molecule has 1 fully saturated rings. The Hall–Kier alpha value is -0.0800. The lowest BCUT2D eigenvalue weighted by Crippen LogP contribution is -2.22. The fourth-order valence-electron chi connectivity index (χ4n) is 2.53. The topological polar surface area (TPSA) is 29.3 Å². The molecule has 0 saturated carbocycles. The highest BCUT2D eigenvalue weighted by molar-refractivity contribution is 4.75. The van der Waals surface area contributed by atoms with Crippen molar-refractivity contribution >= 4 is 0 Å². The second-order valence-electron chi connectivity index (χ2n) is 4.95. The Bertz CT molecular complexity index is 147. The maximum Gasteiger partial charge on any atom is 0.00106 e. The van der Waals surface area contributed by atoms with Gasteiger partial charge in [0.1, 0.15) is 0 Å². The minimum Gasteiger partial charge on any atom is -0.330 e. The van der Waals surface area contributed by atoms with Gasteiger partial charge in [0.2, 0.25) is 0 Å². The first-order chi connectivity index (χ1) is 7.36. The second kappa shape index (κ2) is 8.12. The van der Waals surface area contributed by atoms with E-state index >= 15 is 0 Å². The lowest BCUT2D eigenvalue weighted by atomic mass is 10.1. The van der Waals surface area contributed by atoms with Gasteiger partial charge in [0.15, 0.2) is 0 Å². The molecule has 1 rings (SSSR count). The third-order valence-corrected chi connectivity index (χ3v) is 3.52. The average Bonchev–Trinajstić information content (AvgIpc) is 2.66. The van der Waals surface area contributed by atoms with E-state index in [1.165, 1.54) is 64.6 Å². The van der Waals surface area contributed by atoms with Crippen molar-refractivity contribution in [2.24, 2.45) is 11.7 Å². The predicted molar refractivity (Wildman–Crippen MR) is 67.0 cm³/mol. The van der Waals surface area contributed by atoms with E-state index in [1.807, 2.05) is 0 Å². The average molecular weight is 212 g/mol. The second-order valence-corrected chi connectivity index (χ2v) is 4.95. The van der Waals surface area contributed by atoms with Crippen LogP contribution in [0, 0.1) is 5.92 Å². The zero-order valence-corrected chi connectivity index (χ0v) is 10.4. The summed E-state index contributed by atoms with van der Waals surface area (Å²) in [5.41, 5.74) is 5.59. The molecule has 1 aliphatic rings. The summed E-state index contributed by atoms with van der Waals surface area (Å²) in [6.07, 6.45) is 9.62. The van der Waals surface area contributed by atoms with Crippen molar-refractivity contribution in [3.8, 4) is 0 Å². The monoisotopic (exact) mass is 212 g/mol. The SMILES string of the molecule is CCCCCCCN1CCC(CCN)C1. The summed E-state index contributed by atoms with van der Waals surface area (Å²) in [7, 11) is 0. The van der Waals surface area contributed by atoms with E-state index in [1.54, 1.807) is 0 Å². The van der Waals surface area contributed by atoms with Gasteiger partial charge in [-0.3, -0.25) is 0 Å². The van der Waals surface area contributed by atoms with Crippen LogP contribution in [0.2, 0.25) is 0 Å². The molecule has 2 nitrogen and oxygen atoms in total. The van der Waals surface area contributed by atoms with Crippen LogP contribution in [0.15, 0.2) is 0 Å². The van der Waals surface area contributed by atoms with Crippen LogP contribution in [0.3, 0.4) is 0 Å². The van der Waals surface area contributed by atoms with Crippen molar-refractivity contribution in [3.05, 3.63) is 0 Å². The molecule has 0 amide bonds. The van der Waals surface area contributed by atoms with Crippen molar-refractivity contribution in [3.63, 3.8) is 0 Å². The molecule has 0 aromatic rings. The van der Waals surface area contributed by atoms with Crippen LogP contribution in [0.5, 0.6) is 0 Å². The van der Waals surface area contributed by atoms with Crippen LogP contribution in [-0.4, -0.2) is 31.1 Å². The molecule has 1 saturated heterocycles. The minimum atomic E-state index is 0.870. The number of hydrogen-bond acceptors (Lipinski definition) is 2. The van der Waals surface area contributed by atoms with Crippen LogP contribution < -0.4 is 5.73 Å². The van der Waals surface area contributed by atoms with Gasteiger partial charge in [-0.1, -0.05) is 32.6 Å². The van der Waals surface area contributed by atoms with Gasteiger partial charge >= 0.3 is 0 Å². The largest absolute Gasteiger partial charge is 0.330 e. The Morgan fingerprint density at radius 2 is 2.00 bits per heavy atom. The summed E-state index contributed by atoms with van der Waals surface area (Å²) in [5, 5.41) is 0. The molecule has 0 spiro atoms. The lowest BCUT2D eigenvalue weighted by Gasteiger charge is -2.15. The first-order valence-electron chi connectivity index (χ1n) is 6.79. The number of rotatable bonds is 8.